The highest BCUT2D eigenvalue weighted by Gasteiger charge is 2.53. The molecule has 0 atom stereocenters. The van der Waals surface area contributed by atoms with Crippen molar-refractivity contribution in [1.29, 1.82) is 0 Å². The Labute approximate surface area is 93.5 Å². The Kier molecular flexibility index (Phi) is 2.62. The summed E-state index contributed by atoms with van der Waals surface area (Å²) >= 11 is 0. The summed E-state index contributed by atoms with van der Waals surface area (Å²) in [7, 11) is 0. The summed E-state index contributed by atoms with van der Waals surface area (Å²) in [5.74, 6) is -0.393. The highest BCUT2D eigenvalue weighted by molar-refractivity contribution is 6.09. The van der Waals surface area contributed by atoms with Gasteiger partial charge in [0.1, 0.15) is 11.6 Å². The summed E-state index contributed by atoms with van der Waals surface area (Å²) < 4.78 is 12.7. The van der Waals surface area contributed by atoms with Gasteiger partial charge in [-0.1, -0.05) is 12.1 Å². The molecule has 0 N–H and O–H groups in total. The smallest absolute Gasteiger partial charge is 0.150 e. The predicted octanol–water partition coefficient (Wildman–Crippen LogP) is 2.31. The van der Waals surface area contributed by atoms with Gasteiger partial charge in [0, 0.05) is 6.42 Å². The number of hydrogen-bond acceptors (Lipinski definition) is 2. The molecule has 0 spiro atoms. The van der Waals surface area contributed by atoms with E-state index in [1.165, 1.54) is 19.1 Å². The summed E-state index contributed by atoms with van der Waals surface area (Å²) in [6, 6.07) is 5.83. The Bertz CT molecular complexity index is 430. The predicted molar refractivity (Wildman–Crippen MR) is 57.5 cm³/mol. The SMILES string of the molecule is CC(=O)C1(C(=O)Cc2ccc(F)cc2)CC1. The maximum atomic E-state index is 12.7. The van der Waals surface area contributed by atoms with E-state index in [0.29, 0.717) is 12.8 Å². The minimum absolute atomic E-state index is 0.0355. The van der Waals surface area contributed by atoms with Crippen molar-refractivity contribution >= 4 is 11.6 Å². The lowest BCUT2D eigenvalue weighted by molar-refractivity contribution is -0.133. The Morgan fingerprint density at radius 2 is 1.81 bits per heavy atom. The van der Waals surface area contributed by atoms with E-state index in [9.17, 15) is 14.0 Å². The second-order valence-corrected chi connectivity index (χ2v) is 4.36. The molecule has 84 valence electrons. The van der Waals surface area contributed by atoms with E-state index in [1.54, 1.807) is 12.1 Å². The van der Waals surface area contributed by atoms with Gasteiger partial charge in [0.2, 0.25) is 0 Å². The van der Waals surface area contributed by atoms with Crippen molar-refractivity contribution in [2.24, 2.45) is 5.41 Å². The van der Waals surface area contributed by atoms with Crippen molar-refractivity contribution in [3.05, 3.63) is 35.6 Å². The molecule has 1 aromatic rings. The number of carbonyl (C=O) groups is 2. The molecule has 1 aliphatic rings. The summed E-state index contributed by atoms with van der Waals surface area (Å²) in [5.41, 5.74) is 0.0490. The van der Waals surface area contributed by atoms with Crippen molar-refractivity contribution in [1.82, 2.24) is 0 Å². The summed E-state index contributed by atoms with van der Waals surface area (Å²) in [6.45, 7) is 1.47. The average molecular weight is 220 g/mol. The first-order valence-electron chi connectivity index (χ1n) is 5.33. The molecular weight excluding hydrogens is 207 g/mol. The molecule has 3 heteroatoms. The molecule has 0 aliphatic heterocycles. The second-order valence-electron chi connectivity index (χ2n) is 4.36. The zero-order valence-electron chi connectivity index (χ0n) is 9.13. The Hall–Kier alpha value is -1.51. The van der Waals surface area contributed by atoms with E-state index in [2.05, 4.69) is 0 Å². The number of Topliss-reactive ketones (excluding diaryl/α,β-unsaturated/α-hetero) is 2. The molecule has 0 aromatic heterocycles. The first-order chi connectivity index (χ1) is 7.54. The van der Waals surface area contributed by atoms with Crippen molar-refractivity contribution in [2.75, 3.05) is 0 Å². The van der Waals surface area contributed by atoms with Gasteiger partial charge in [-0.15, -0.1) is 0 Å². The quantitative estimate of drug-likeness (QED) is 0.730. The topological polar surface area (TPSA) is 34.1 Å². The van der Waals surface area contributed by atoms with Crippen molar-refractivity contribution in [3.8, 4) is 0 Å². The number of rotatable bonds is 4. The van der Waals surface area contributed by atoms with Gasteiger partial charge >= 0.3 is 0 Å². The molecule has 2 nitrogen and oxygen atoms in total. The highest BCUT2D eigenvalue weighted by atomic mass is 19.1. The van der Waals surface area contributed by atoms with Crippen LogP contribution in [0.3, 0.4) is 0 Å². The van der Waals surface area contributed by atoms with E-state index >= 15 is 0 Å². The summed E-state index contributed by atoms with van der Waals surface area (Å²) in [4.78, 5) is 23.2. The molecule has 0 saturated heterocycles. The van der Waals surface area contributed by atoms with Crippen molar-refractivity contribution in [3.63, 3.8) is 0 Å². The van der Waals surface area contributed by atoms with Gasteiger partial charge < -0.3 is 0 Å². The van der Waals surface area contributed by atoms with Crippen LogP contribution < -0.4 is 0 Å². The van der Waals surface area contributed by atoms with Gasteiger partial charge in [-0.25, -0.2) is 4.39 Å². The zero-order chi connectivity index (χ0) is 11.8. The number of halogens is 1. The Morgan fingerprint density at radius 3 is 2.25 bits per heavy atom. The molecule has 1 aromatic carbocycles. The second kappa shape index (κ2) is 3.81. The van der Waals surface area contributed by atoms with Crippen LogP contribution in [0.15, 0.2) is 24.3 Å². The minimum Gasteiger partial charge on any atom is -0.299 e. The fourth-order valence-corrected chi connectivity index (χ4v) is 1.91. The third kappa shape index (κ3) is 1.90. The van der Waals surface area contributed by atoms with Gasteiger partial charge in [-0.3, -0.25) is 9.59 Å². The fourth-order valence-electron chi connectivity index (χ4n) is 1.91. The molecule has 0 heterocycles. The van der Waals surface area contributed by atoms with E-state index in [1.807, 2.05) is 0 Å². The lowest BCUT2D eigenvalue weighted by atomic mass is 9.92. The molecule has 0 radical (unpaired) electrons. The standard InChI is InChI=1S/C13H13FO2/c1-9(15)13(6-7-13)12(16)8-10-2-4-11(14)5-3-10/h2-5H,6-8H2,1H3. The van der Waals surface area contributed by atoms with E-state index in [4.69, 9.17) is 0 Å². The van der Waals surface area contributed by atoms with Crippen LogP contribution in [-0.4, -0.2) is 11.6 Å². The fraction of sp³-hybridized carbons (Fsp3) is 0.385. The number of hydrogen-bond donors (Lipinski definition) is 0. The molecular formula is C13H13FO2. The monoisotopic (exact) mass is 220 g/mol. The summed E-state index contributed by atoms with van der Waals surface area (Å²) in [5, 5.41) is 0. The molecule has 1 fully saturated rings. The summed E-state index contributed by atoms with van der Waals surface area (Å²) in [6.07, 6.45) is 1.56. The average Bonchev–Trinajstić information content (AvgIpc) is 3.02. The Morgan fingerprint density at radius 1 is 1.25 bits per heavy atom. The highest BCUT2D eigenvalue weighted by Crippen LogP contribution is 2.47. The van der Waals surface area contributed by atoms with Crippen LogP contribution in [0, 0.1) is 11.2 Å². The van der Waals surface area contributed by atoms with Crippen molar-refractivity contribution in [2.45, 2.75) is 26.2 Å². The van der Waals surface area contributed by atoms with E-state index in [0.717, 1.165) is 5.56 Å². The van der Waals surface area contributed by atoms with E-state index in [-0.39, 0.29) is 23.8 Å². The molecule has 0 unspecified atom stereocenters. The lowest BCUT2D eigenvalue weighted by Crippen LogP contribution is -2.25. The van der Waals surface area contributed by atoms with Crippen molar-refractivity contribution < 1.29 is 14.0 Å². The molecule has 1 aliphatic carbocycles. The van der Waals surface area contributed by atoms with Crippen LogP contribution in [0.25, 0.3) is 0 Å². The van der Waals surface area contributed by atoms with Crippen LogP contribution in [0.1, 0.15) is 25.3 Å². The third-order valence-electron chi connectivity index (χ3n) is 3.24. The number of benzene rings is 1. The first kappa shape index (κ1) is 11.0. The third-order valence-corrected chi connectivity index (χ3v) is 3.24. The van der Waals surface area contributed by atoms with Crippen LogP contribution in [-0.2, 0) is 16.0 Å². The minimum atomic E-state index is -0.714. The van der Waals surface area contributed by atoms with Crippen LogP contribution in [0.4, 0.5) is 4.39 Å². The first-order valence-corrected chi connectivity index (χ1v) is 5.33. The maximum absolute atomic E-state index is 12.7. The van der Waals surface area contributed by atoms with Gasteiger partial charge in [0.15, 0.2) is 5.78 Å². The normalized spacial score (nSPS) is 16.9. The maximum Gasteiger partial charge on any atom is 0.150 e. The van der Waals surface area contributed by atoms with E-state index < -0.39 is 5.41 Å². The number of ketones is 2. The van der Waals surface area contributed by atoms with Gasteiger partial charge in [0.25, 0.3) is 0 Å². The molecule has 0 bridgehead atoms. The van der Waals surface area contributed by atoms with Gasteiger partial charge in [-0.2, -0.15) is 0 Å². The Balaban J connectivity index is 2.08. The lowest BCUT2D eigenvalue weighted by Gasteiger charge is -2.09. The van der Waals surface area contributed by atoms with Crippen LogP contribution in [0.5, 0.6) is 0 Å². The van der Waals surface area contributed by atoms with Gasteiger partial charge in [0.05, 0.1) is 5.41 Å². The molecule has 16 heavy (non-hydrogen) atoms. The molecule has 1 saturated carbocycles. The van der Waals surface area contributed by atoms with Gasteiger partial charge in [-0.05, 0) is 37.5 Å². The number of carbonyl (C=O) groups excluding carboxylic acids is 2. The zero-order valence-corrected chi connectivity index (χ0v) is 9.13. The van der Waals surface area contributed by atoms with Crippen LogP contribution in [0.2, 0.25) is 0 Å². The van der Waals surface area contributed by atoms with Crippen LogP contribution >= 0.6 is 0 Å². The largest absolute Gasteiger partial charge is 0.299 e. The molecule has 2 rings (SSSR count). The molecule has 0 amide bonds.